The van der Waals surface area contributed by atoms with Gasteiger partial charge in [0, 0.05) is 19.5 Å². The molecule has 3 nitrogen and oxygen atoms in total. The lowest BCUT2D eigenvalue weighted by atomic mass is 9.87. The van der Waals surface area contributed by atoms with Gasteiger partial charge in [0.2, 0.25) is 5.91 Å². The van der Waals surface area contributed by atoms with E-state index in [4.69, 9.17) is 0 Å². The van der Waals surface area contributed by atoms with Crippen LogP contribution >= 0.6 is 0 Å². The van der Waals surface area contributed by atoms with Crippen molar-refractivity contribution in [3.8, 4) is 0 Å². The Balaban J connectivity index is 2.11. The van der Waals surface area contributed by atoms with Gasteiger partial charge in [-0.25, -0.2) is 0 Å². The highest BCUT2D eigenvalue weighted by molar-refractivity contribution is 5.77. The van der Waals surface area contributed by atoms with Crippen LogP contribution in [0.25, 0.3) is 0 Å². The van der Waals surface area contributed by atoms with Gasteiger partial charge in [0.05, 0.1) is 5.54 Å². The van der Waals surface area contributed by atoms with Crippen molar-refractivity contribution in [3.05, 3.63) is 0 Å². The maximum atomic E-state index is 11.8. The molecule has 80 valence electrons. The molecule has 0 aliphatic carbocycles. The van der Waals surface area contributed by atoms with E-state index in [-0.39, 0.29) is 5.54 Å². The first-order valence-corrected chi connectivity index (χ1v) is 5.80. The number of likely N-dealkylation sites (tertiary alicyclic amines) is 1. The summed E-state index contributed by atoms with van der Waals surface area (Å²) in [7, 11) is 0. The van der Waals surface area contributed by atoms with Gasteiger partial charge < -0.3 is 10.2 Å². The lowest BCUT2D eigenvalue weighted by molar-refractivity contribution is -0.135. The number of nitrogens with one attached hydrogen (secondary N) is 1. The first-order chi connectivity index (χ1) is 6.78. The Morgan fingerprint density at radius 1 is 1.43 bits per heavy atom. The van der Waals surface area contributed by atoms with Crippen LogP contribution in [0.4, 0.5) is 0 Å². The Kier molecular flexibility index (Phi) is 2.77. The van der Waals surface area contributed by atoms with Gasteiger partial charge in [0.15, 0.2) is 0 Å². The molecule has 1 atom stereocenters. The monoisotopic (exact) mass is 196 g/mol. The van der Waals surface area contributed by atoms with E-state index in [1.165, 1.54) is 25.7 Å². The molecule has 2 saturated heterocycles. The smallest absolute Gasteiger partial charge is 0.222 e. The molecule has 3 heteroatoms. The normalized spacial score (nSPS) is 32.5. The number of hydrogen-bond acceptors (Lipinski definition) is 2. The number of rotatable bonds is 1. The molecule has 2 fully saturated rings. The fourth-order valence-corrected chi connectivity index (χ4v) is 2.91. The van der Waals surface area contributed by atoms with Crippen molar-refractivity contribution in [2.75, 3.05) is 19.6 Å². The molecule has 2 heterocycles. The van der Waals surface area contributed by atoms with Gasteiger partial charge in [-0.3, -0.25) is 4.79 Å². The van der Waals surface area contributed by atoms with Crippen LogP contribution in [0.1, 0.15) is 39.0 Å². The van der Waals surface area contributed by atoms with Crippen LogP contribution < -0.4 is 5.32 Å². The average molecular weight is 196 g/mol. The van der Waals surface area contributed by atoms with E-state index >= 15 is 0 Å². The predicted molar refractivity (Wildman–Crippen MR) is 56.1 cm³/mol. The molecule has 0 aromatic heterocycles. The van der Waals surface area contributed by atoms with Gasteiger partial charge in [-0.15, -0.1) is 0 Å². The second kappa shape index (κ2) is 3.89. The van der Waals surface area contributed by atoms with E-state index in [1.807, 2.05) is 6.92 Å². The van der Waals surface area contributed by atoms with Crippen molar-refractivity contribution in [2.45, 2.75) is 44.6 Å². The summed E-state index contributed by atoms with van der Waals surface area (Å²) in [6, 6.07) is 0. The van der Waals surface area contributed by atoms with Crippen molar-refractivity contribution in [1.82, 2.24) is 10.2 Å². The second-order valence-electron chi connectivity index (χ2n) is 4.51. The maximum absolute atomic E-state index is 11.8. The Labute approximate surface area is 85.8 Å². The zero-order valence-electron chi connectivity index (χ0n) is 9.01. The summed E-state index contributed by atoms with van der Waals surface area (Å²) in [5.74, 6) is 0.339. The highest BCUT2D eigenvalue weighted by Gasteiger charge is 2.43. The molecule has 1 unspecified atom stereocenters. The van der Waals surface area contributed by atoms with Crippen molar-refractivity contribution < 1.29 is 4.79 Å². The first-order valence-electron chi connectivity index (χ1n) is 5.80. The molecule has 1 amide bonds. The molecule has 2 aliphatic heterocycles. The standard InChI is InChI=1S/C11H20N2O/c1-2-10(14)13-8-4-6-11(13)5-3-7-12-9-11/h12H,2-9H2,1H3. The molecule has 0 bridgehead atoms. The van der Waals surface area contributed by atoms with Crippen molar-refractivity contribution in [1.29, 1.82) is 0 Å². The van der Waals surface area contributed by atoms with Crippen LogP contribution in [0.3, 0.4) is 0 Å². The summed E-state index contributed by atoms with van der Waals surface area (Å²) in [4.78, 5) is 13.9. The fourth-order valence-electron chi connectivity index (χ4n) is 2.91. The minimum Gasteiger partial charge on any atom is -0.336 e. The molecule has 0 aromatic carbocycles. The predicted octanol–water partition coefficient (Wildman–Crippen LogP) is 1.14. The summed E-state index contributed by atoms with van der Waals surface area (Å²) < 4.78 is 0. The van der Waals surface area contributed by atoms with Crippen molar-refractivity contribution in [3.63, 3.8) is 0 Å². The molecule has 2 rings (SSSR count). The number of nitrogens with zero attached hydrogens (tertiary/aromatic N) is 1. The number of piperidine rings is 1. The van der Waals surface area contributed by atoms with E-state index in [0.717, 1.165) is 19.6 Å². The van der Waals surface area contributed by atoms with Crippen LogP contribution in [0.5, 0.6) is 0 Å². The quantitative estimate of drug-likeness (QED) is 0.682. The van der Waals surface area contributed by atoms with Gasteiger partial charge in [0.1, 0.15) is 0 Å². The Morgan fingerprint density at radius 2 is 2.21 bits per heavy atom. The van der Waals surface area contributed by atoms with Crippen molar-refractivity contribution >= 4 is 5.91 Å². The van der Waals surface area contributed by atoms with E-state index in [9.17, 15) is 4.79 Å². The van der Waals surface area contributed by atoms with E-state index in [1.54, 1.807) is 0 Å². The third-order valence-electron chi connectivity index (χ3n) is 3.65. The Morgan fingerprint density at radius 3 is 2.86 bits per heavy atom. The van der Waals surface area contributed by atoms with Crippen LogP contribution in [0.2, 0.25) is 0 Å². The minimum atomic E-state index is 0.186. The number of carbonyl (C=O) groups excluding carboxylic acids is 1. The number of hydrogen-bond donors (Lipinski definition) is 1. The average Bonchev–Trinajstić information content (AvgIpc) is 2.62. The molecule has 14 heavy (non-hydrogen) atoms. The van der Waals surface area contributed by atoms with Crippen LogP contribution in [-0.4, -0.2) is 36.0 Å². The fraction of sp³-hybridized carbons (Fsp3) is 0.909. The number of carbonyl (C=O) groups is 1. The number of amides is 1. The first kappa shape index (κ1) is 9.97. The summed E-state index contributed by atoms with van der Waals surface area (Å²) in [6.07, 6.45) is 5.46. The molecule has 0 aromatic rings. The van der Waals surface area contributed by atoms with Crippen LogP contribution in [0, 0.1) is 0 Å². The van der Waals surface area contributed by atoms with Crippen LogP contribution in [-0.2, 0) is 4.79 Å². The minimum absolute atomic E-state index is 0.186. The summed E-state index contributed by atoms with van der Waals surface area (Å²) >= 11 is 0. The van der Waals surface area contributed by atoms with E-state index in [2.05, 4.69) is 10.2 Å². The van der Waals surface area contributed by atoms with Gasteiger partial charge in [-0.1, -0.05) is 6.92 Å². The zero-order valence-corrected chi connectivity index (χ0v) is 9.01. The van der Waals surface area contributed by atoms with Gasteiger partial charge in [-0.2, -0.15) is 0 Å². The lowest BCUT2D eigenvalue weighted by Gasteiger charge is -2.41. The van der Waals surface area contributed by atoms with Gasteiger partial charge in [-0.05, 0) is 32.2 Å². The zero-order chi connectivity index (χ0) is 10.0. The molecular formula is C11H20N2O. The van der Waals surface area contributed by atoms with Crippen LogP contribution in [0.15, 0.2) is 0 Å². The second-order valence-corrected chi connectivity index (χ2v) is 4.51. The summed E-state index contributed by atoms with van der Waals surface area (Å²) in [5, 5.41) is 3.43. The molecule has 0 radical (unpaired) electrons. The third kappa shape index (κ3) is 1.54. The highest BCUT2D eigenvalue weighted by atomic mass is 16.2. The largest absolute Gasteiger partial charge is 0.336 e. The Hall–Kier alpha value is -0.570. The highest BCUT2D eigenvalue weighted by Crippen LogP contribution is 2.35. The van der Waals surface area contributed by atoms with E-state index in [0.29, 0.717) is 12.3 Å². The third-order valence-corrected chi connectivity index (χ3v) is 3.65. The lowest BCUT2D eigenvalue weighted by Crippen LogP contribution is -2.56. The molecular weight excluding hydrogens is 176 g/mol. The molecule has 0 saturated carbocycles. The van der Waals surface area contributed by atoms with Gasteiger partial charge >= 0.3 is 0 Å². The van der Waals surface area contributed by atoms with Gasteiger partial charge in [0.25, 0.3) is 0 Å². The van der Waals surface area contributed by atoms with Crippen molar-refractivity contribution in [2.24, 2.45) is 0 Å². The molecule has 1 N–H and O–H groups in total. The topological polar surface area (TPSA) is 32.3 Å². The SMILES string of the molecule is CCC(=O)N1CCCC12CCCNC2. The summed E-state index contributed by atoms with van der Waals surface area (Å²) in [5.41, 5.74) is 0.186. The molecule has 1 spiro atoms. The van der Waals surface area contributed by atoms with E-state index < -0.39 is 0 Å². The maximum Gasteiger partial charge on any atom is 0.222 e. The summed E-state index contributed by atoms with van der Waals surface area (Å²) in [6.45, 7) is 5.08. The Bertz CT molecular complexity index is 221. The molecule has 2 aliphatic rings.